The summed E-state index contributed by atoms with van der Waals surface area (Å²) in [5.74, 6) is -0.0792. The quantitative estimate of drug-likeness (QED) is 0.402. The van der Waals surface area contributed by atoms with Crippen molar-refractivity contribution in [3.63, 3.8) is 0 Å². The molecule has 2 aromatic heterocycles. The van der Waals surface area contributed by atoms with E-state index in [9.17, 15) is 19.5 Å². The number of thiophene rings is 1. The second-order valence-corrected chi connectivity index (χ2v) is 8.41. The molecule has 3 rings (SSSR count). The maximum Gasteiger partial charge on any atom is 0.341 e. The van der Waals surface area contributed by atoms with Gasteiger partial charge >= 0.3 is 11.7 Å². The molecule has 0 aliphatic heterocycles. The van der Waals surface area contributed by atoms with E-state index in [-0.39, 0.29) is 22.7 Å². The molecule has 0 saturated heterocycles. The van der Waals surface area contributed by atoms with Crippen LogP contribution in [-0.4, -0.2) is 47.3 Å². The van der Waals surface area contributed by atoms with Gasteiger partial charge in [0.15, 0.2) is 11.5 Å². The summed E-state index contributed by atoms with van der Waals surface area (Å²) in [4.78, 5) is 42.6. The van der Waals surface area contributed by atoms with Gasteiger partial charge in [-0.3, -0.25) is 13.9 Å². The molecular formula is C23H25N3O7S. The van der Waals surface area contributed by atoms with E-state index in [1.54, 1.807) is 25.1 Å². The summed E-state index contributed by atoms with van der Waals surface area (Å²) in [6.45, 7) is 3.69. The molecule has 0 fully saturated rings. The highest BCUT2D eigenvalue weighted by molar-refractivity contribution is 7.16. The van der Waals surface area contributed by atoms with Crippen LogP contribution in [0.25, 0.3) is 11.1 Å². The zero-order valence-electron chi connectivity index (χ0n) is 19.7. The van der Waals surface area contributed by atoms with Gasteiger partial charge in [0.2, 0.25) is 5.88 Å². The number of carbonyl (C=O) groups is 1. The van der Waals surface area contributed by atoms with Gasteiger partial charge in [0, 0.05) is 30.8 Å². The molecule has 1 aromatic carbocycles. The SMILES string of the molecule is CCOC(=O)c1c(/N=C/c2c(O)n(C)c(=O)n(C)c2=O)sc(C)c1-c1ccc(OC)c(OC)c1. The second kappa shape index (κ2) is 9.96. The second-order valence-electron chi connectivity index (χ2n) is 7.20. The number of esters is 1. The molecule has 0 atom stereocenters. The standard InChI is InChI=1S/C23H25N3O7S/c1-7-33-22(29)18-17(13-8-9-15(31-5)16(10-13)32-6)12(2)34-19(18)24-11-14-20(27)25(3)23(30)26(4)21(14)28/h8-11,27H,7H2,1-6H3/b24-11+. The van der Waals surface area contributed by atoms with Crippen LogP contribution in [0.1, 0.15) is 27.7 Å². The normalized spacial score (nSPS) is 11.1. The Kier molecular flexibility index (Phi) is 7.26. The minimum absolute atomic E-state index is 0.157. The van der Waals surface area contributed by atoms with Gasteiger partial charge in [-0.15, -0.1) is 11.3 Å². The molecule has 0 bridgehead atoms. The highest BCUT2D eigenvalue weighted by Gasteiger charge is 2.25. The predicted molar refractivity (Wildman–Crippen MR) is 129 cm³/mol. The number of hydrogen-bond donors (Lipinski definition) is 1. The van der Waals surface area contributed by atoms with Crippen LogP contribution in [0, 0.1) is 6.92 Å². The number of aromatic nitrogens is 2. The summed E-state index contributed by atoms with van der Waals surface area (Å²) in [5, 5.41) is 10.6. The van der Waals surface area contributed by atoms with Crippen LogP contribution >= 0.6 is 11.3 Å². The molecule has 34 heavy (non-hydrogen) atoms. The van der Waals surface area contributed by atoms with Gasteiger partial charge < -0.3 is 19.3 Å². The van der Waals surface area contributed by atoms with Crippen LogP contribution in [-0.2, 0) is 18.8 Å². The summed E-state index contributed by atoms with van der Waals surface area (Å²) in [5.41, 5.74) is -0.0528. The molecule has 0 amide bonds. The third-order valence-electron chi connectivity index (χ3n) is 5.20. The lowest BCUT2D eigenvalue weighted by atomic mass is 10.0. The average molecular weight is 488 g/mol. The molecule has 0 radical (unpaired) electrons. The molecule has 10 nitrogen and oxygen atoms in total. The van der Waals surface area contributed by atoms with Crippen molar-refractivity contribution < 1.29 is 24.1 Å². The third kappa shape index (κ3) is 4.34. The van der Waals surface area contributed by atoms with Gasteiger partial charge in [0.25, 0.3) is 5.56 Å². The molecule has 0 spiro atoms. The summed E-state index contributed by atoms with van der Waals surface area (Å²) in [6, 6.07) is 5.27. The molecule has 0 saturated carbocycles. The van der Waals surface area contributed by atoms with Crippen molar-refractivity contribution in [3.8, 4) is 28.5 Å². The number of hydrogen-bond acceptors (Lipinski definition) is 9. The van der Waals surface area contributed by atoms with Crippen LogP contribution < -0.4 is 20.7 Å². The summed E-state index contributed by atoms with van der Waals surface area (Å²) in [6.07, 6.45) is 1.14. The number of aryl methyl sites for hydroxylation is 1. The van der Waals surface area contributed by atoms with Gasteiger partial charge in [0.1, 0.15) is 16.1 Å². The smallest absolute Gasteiger partial charge is 0.341 e. The van der Waals surface area contributed by atoms with E-state index in [4.69, 9.17) is 14.2 Å². The van der Waals surface area contributed by atoms with Crippen LogP contribution in [0.5, 0.6) is 17.4 Å². The van der Waals surface area contributed by atoms with Crippen molar-refractivity contribution in [3.05, 3.63) is 55.0 Å². The molecule has 11 heteroatoms. The Morgan fingerprint density at radius 3 is 2.44 bits per heavy atom. The number of methoxy groups -OCH3 is 2. The van der Waals surface area contributed by atoms with Gasteiger partial charge in [0.05, 0.1) is 20.8 Å². The maximum atomic E-state index is 12.9. The maximum absolute atomic E-state index is 12.9. The summed E-state index contributed by atoms with van der Waals surface area (Å²) >= 11 is 1.23. The molecule has 180 valence electrons. The largest absolute Gasteiger partial charge is 0.494 e. The number of nitrogens with zero attached hydrogens (tertiary/aromatic N) is 3. The number of aliphatic imine (C=N–C) groups is 1. The number of ether oxygens (including phenoxy) is 3. The molecular weight excluding hydrogens is 462 g/mol. The fourth-order valence-corrected chi connectivity index (χ4v) is 4.45. The van der Waals surface area contributed by atoms with Crippen molar-refractivity contribution in [2.75, 3.05) is 20.8 Å². The Morgan fingerprint density at radius 2 is 1.82 bits per heavy atom. The summed E-state index contributed by atoms with van der Waals surface area (Å²) < 4.78 is 17.8. The lowest BCUT2D eigenvalue weighted by molar-refractivity contribution is 0.0528. The molecule has 2 heterocycles. The van der Waals surface area contributed by atoms with E-state index >= 15 is 0 Å². The van der Waals surface area contributed by atoms with E-state index in [0.29, 0.717) is 22.6 Å². The van der Waals surface area contributed by atoms with Gasteiger partial charge in [-0.25, -0.2) is 14.6 Å². The van der Waals surface area contributed by atoms with Crippen molar-refractivity contribution in [1.82, 2.24) is 9.13 Å². The highest BCUT2D eigenvalue weighted by atomic mass is 32.1. The predicted octanol–water partition coefficient (Wildman–Crippen LogP) is 2.77. The van der Waals surface area contributed by atoms with E-state index in [2.05, 4.69) is 4.99 Å². The summed E-state index contributed by atoms with van der Waals surface area (Å²) in [7, 11) is 5.69. The van der Waals surface area contributed by atoms with Crippen LogP contribution in [0.4, 0.5) is 5.00 Å². The Labute approximate surface area is 199 Å². The first kappa shape index (κ1) is 24.8. The Morgan fingerprint density at radius 1 is 1.15 bits per heavy atom. The lowest BCUT2D eigenvalue weighted by Crippen LogP contribution is -2.38. The van der Waals surface area contributed by atoms with Gasteiger partial charge in [-0.1, -0.05) is 6.07 Å². The Balaban J connectivity index is 2.23. The number of benzene rings is 1. The molecule has 1 N–H and O–H groups in total. The van der Waals surface area contributed by atoms with E-state index in [1.807, 2.05) is 6.92 Å². The average Bonchev–Trinajstić information content (AvgIpc) is 3.17. The Bertz CT molecular complexity index is 1400. The fraction of sp³-hybridized carbons (Fsp3) is 0.304. The van der Waals surface area contributed by atoms with Crippen molar-refractivity contribution in [2.24, 2.45) is 19.1 Å². The molecule has 0 unspecified atom stereocenters. The topological polar surface area (TPSA) is 121 Å². The zero-order valence-corrected chi connectivity index (χ0v) is 20.5. The first-order valence-electron chi connectivity index (χ1n) is 10.2. The zero-order chi connectivity index (χ0) is 25.2. The van der Waals surface area contributed by atoms with Crippen molar-refractivity contribution >= 4 is 28.5 Å². The van der Waals surface area contributed by atoms with Crippen molar-refractivity contribution in [2.45, 2.75) is 13.8 Å². The first-order chi connectivity index (χ1) is 16.2. The van der Waals surface area contributed by atoms with E-state index in [1.165, 1.54) is 39.7 Å². The molecule has 0 aliphatic carbocycles. The van der Waals surface area contributed by atoms with E-state index in [0.717, 1.165) is 20.2 Å². The lowest BCUT2D eigenvalue weighted by Gasteiger charge is -2.11. The first-order valence-corrected chi connectivity index (χ1v) is 11.0. The van der Waals surface area contributed by atoms with Gasteiger partial charge in [-0.05, 0) is 31.5 Å². The Hall–Kier alpha value is -3.86. The van der Waals surface area contributed by atoms with Gasteiger partial charge in [-0.2, -0.15) is 0 Å². The molecule has 0 aliphatic rings. The molecule has 3 aromatic rings. The fourth-order valence-electron chi connectivity index (χ4n) is 3.45. The third-order valence-corrected chi connectivity index (χ3v) is 6.21. The monoisotopic (exact) mass is 487 g/mol. The number of rotatable bonds is 7. The minimum Gasteiger partial charge on any atom is -0.494 e. The number of aromatic hydroxyl groups is 1. The van der Waals surface area contributed by atoms with Crippen LogP contribution in [0.3, 0.4) is 0 Å². The van der Waals surface area contributed by atoms with E-state index < -0.39 is 23.1 Å². The van der Waals surface area contributed by atoms with Crippen molar-refractivity contribution in [1.29, 1.82) is 0 Å². The number of carbonyl (C=O) groups excluding carboxylic acids is 1. The highest BCUT2D eigenvalue weighted by Crippen LogP contribution is 2.44. The van der Waals surface area contributed by atoms with Crippen LogP contribution in [0.2, 0.25) is 0 Å². The van der Waals surface area contributed by atoms with Crippen LogP contribution in [0.15, 0.2) is 32.8 Å². The minimum atomic E-state index is -0.713.